The molecule has 1 heterocycles. The quantitative estimate of drug-likeness (QED) is 0.661. The van der Waals surface area contributed by atoms with E-state index in [0.717, 1.165) is 5.69 Å². The topological polar surface area (TPSA) is 66.0 Å². The number of nitrogens with one attached hydrogen (secondary N) is 1. The molecule has 0 fully saturated rings. The predicted octanol–water partition coefficient (Wildman–Crippen LogP) is 0.644. The summed E-state index contributed by atoms with van der Waals surface area (Å²) in [5.41, 5.74) is 0.729. The third kappa shape index (κ3) is 2.23. The number of aromatic amines is 1. The minimum absolute atomic E-state index is 0.275. The van der Waals surface area contributed by atoms with Gasteiger partial charge < -0.3 is 10.1 Å². The molecule has 0 aliphatic carbocycles. The molecule has 0 saturated carbocycles. The summed E-state index contributed by atoms with van der Waals surface area (Å²) in [4.78, 5) is 16.8. The summed E-state index contributed by atoms with van der Waals surface area (Å²) in [7, 11) is 0. The number of hydrogen-bond donors (Lipinski definition) is 2. The van der Waals surface area contributed by atoms with Crippen LogP contribution in [0, 0.1) is 0 Å². The highest BCUT2D eigenvalue weighted by Crippen LogP contribution is 2.04. The van der Waals surface area contributed by atoms with Gasteiger partial charge in [-0.25, -0.2) is 4.98 Å². The van der Waals surface area contributed by atoms with Gasteiger partial charge in [0, 0.05) is 18.3 Å². The number of hydrogen-bond acceptors (Lipinski definition) is 2. The molecular weight excluding hydrogens is 168 g/mol. The average Bonchev–Trinajstić information content (AvgIpc) is 2.39. The molecule has 1 atom stereocenters. The lowest BCUT2D eigenvalue weighted by atomic mass is 10.2. The van der Waals surface area contributed by atoms with Crippen LogP contribution in [0.2, 0.25) is 0 Å². The monoisotopic (exact) mass is 174 g/mol. The van der Waals surface area contributed by atoms with Gasteiger partial charge in [-0.1, -0.05) is 0 Å². The second-order valence-corrected chi connectivity index (χ2v) is 2.61. The molecule has 0 radical (unpaired) electrons. The molecule has 4 nitrogen and oxygen atoms in total. The molecule has 1 aromatic rings. The SMILES string of the molecule is O=C(O)[C@@H](Cl)Cc1cnc[nH]1. The van der Waals surface area contributed by atoms with Crippen LogP contribution in [0.4, 0.5) is 0 Å². The standard InChI is InChI=1S/C6H7ClN2O2/c7-5(6(10)11)1-4-2-8-3-9-4/h2-3,5H,1H2,(H,8,9)(H,10,11)/t5-/m0/s1. The normalized spacial score (nSPS) is 12.8. The number of carbonyl (C=O) groups is 1. The fraction of sp³-hybridized carbons (Fsp3) is 0.333. The Labute approximate surface area is 68.2 Å². The van der Waals surface area contributed by atoms with Crippen molar-refractivity contribution >= 4 is 17.6 Å². The number of halogens is 1. The van der Waals surface area contributed by atoms with Crippen LogP contribution < -0.4 is 0 Å². The summed E-state index contributed by atoms with van der Waals surface area (Å²) in [6.45, 7) is 0. The summed E-state index contributed by atoms with van der Waals surface area (Å²) in [5.74, 6) is -1.01. The van der Waals surface area contributed by atoms with Crippen LogP contribution in [0.25, 0.3) is 0 Å². The van der Waals surface area contributed by atoms with E-state index in [1.165, 1.54) is 6.33 Å². The summed E-state index contributed by atoms with van der Waals surface area (Å²) in [5, 5.41) is 7.54. The predicted molar refractivity (Wildman–Crippen MR) is 39.6 cm³/mol. The van der Waals surface area contributed by atoms with Crippen molar-refractivity contribution in [3.05, 3.63) is 18.2 Å². The molecule has 0 aliphatic rings. The molecule has 0 unspecified atom stereocenters. The fourth-order valence-corrected chi connectivity index (χ4v) is 0.843. The number of aromatic nitrogens is 2. The van der Waals surface area contributed by atoms with Crippen LogP contribution in [0.5, 0.6) is 0 Å². The van der Waals surface area contributed by atoms with Gasteiger partial charge in [-0.2, -0.15) is 0 Å². The Morgan fingerprint density at radius 3 is 3.09 bits per heavy atom. The van der Waals surface area contributed by atoms with E-state index in [0.29, 0.717) is 0 Å². The van der Waals surface area contributed by atoms with Crippen LogP contribution in [0.3, 0.4) is 0 Å². The van der Waals surface area contributed by atoms with Crippen molar-refractivity contribution in [3.63, 3.8) is 0 Å². The van der Waals surface area contributed by atoms with Crippen molar-refractivity contribution in [2.75, 3.05) is 0 Å². The van der Waals surface area contributed by atoms with Crippen molar-refractivity contribution in [1.82, 2.24) is 9.97 Å². The van der Waals surface area contributed by atoms with E-state index >= 15 is 0 Å². The molecule has 60 valence electrons. The largest absolute Gasteiger partial charge is 0.480 e. The van der Waals surface area contributed by atoms with Gasteiger partial charge in [0.2, 0.25) is 0 Å². The molecule has 2 N–H and O–H groups in total. The van der Waals surface area contributed by atoms with Gasteiger partial charge in [-0.15, -0.1) is 11.6 Å². The first kappa shape index (κ1) is 8.07. The zero-order valence-electron chi connectivity index (χ0n) is 5.62. The molecule has 0 saturated heterocycles. The van der Waals surface area contributed by atoms with Crippen LogP contribution in [-0.2, 0) is 11.2 Å². The maximum absolute atomic E-state index is 10.3. The first-order chi connectivity index (χ1) is 5.20. The van der Waals surface area contributed by atoms with Gasteiger partial charge in [0.25, 0.3) is 0 Å². The Hall–Kier alpha value is -1.03. The second kappa shape index (κ2) is 3.39. The van der Waals surface area contributed by atoms with E-state index in [4.69, 9.17) is 16.7 Å². The van der Waals surface area contributed by atoms with Gasteiger partial charge in [0.15, 0.2) is 0 Å². The summed E-state index contributed by atoms with van der Waals surface area (Å²) >= 11 is 5.46. The number of H-pyrrole nitrogens is 1. The number of imidazole rings is 1. The minimum Gasteiger partial charge on any atom is -0.480 e. The Morgan fingerprint density at radius 1 is 1.91 bits per heavy atom. The van der Waals surface area contributed by atoms with Crippen molar-refractivity contribution < 1.29 is 9.90 Å². The lowest BCUT2D eigenvalue weighted by molar-refractivity contribution is -0.136. The summed E-state index contributed by atoms with van der Waals surface area (Å²) in [6, 6.07) is 0. The smallest absolute Gasteiger partial charge is 0.322 e. The highest BCUT2D eigenvalue weighted by molar-refractivity contribution is 6.29. The molecule has 1 aromatic heterocycles. The van der Waals surface area contributed by atoms with Crippen molar-refractivity contribution in [2.45, 2.75) is 11.8 Å². The second-order valence-electron chi connectivity index (χ2n) is 2.09. The van der Waals surface area contributed by atoms with Crippen LogP contribution >= 0.6 is 11.6 Å². The third-order valence-corrected chi connectivity index (χ3v) is 1.56. The summed E-state index contributed by atoms with van der Waals surface area (Å²) < 4.78 is 0. The van der Waals surface area contributed by atoms with E-state index in [2.05, 4.69) is 9.97 Å². The molecule has 0 spiro atoms. The average molecular weight is 175 g/mol. The van der Waals surface area contributed by atoms with Gasteiger partial charge in [-0.05, 0) is 0 Å². The molecule has 11 heavy (non-hydrogen) atoms. The maximum atomic E-state index is 10.3. The molecule has 0 bridgehead atoms. The number of carboxylic acids is 1. The number of carboxylic acid groups (broad SMARTS) is 1. The van der Waals surface area contributed by atoms with Crippen molar-refractivity contribution in [1.29, 1.82) is 0 Å². The van der Waals surface area contributed by atoms with E-state index in [9.17, 15) is 4.79 Å². The van der Waals surface area contributed by atoms with Gasteiger partial charge in [0.05, 0.1) is 6.33 Å². The fourth-order valence-electron chi connectivity index (χ4n) is 0.677. The molecule has 5 heteroatoms. The number of rotatable bonds is 3. The Bertz CT molecular complexity index is 235. The highest BCUT2D eigenvalue weighted by Gasteiger charge is 2.14. The van der Waals surface area contributed by atoms with E-state index < -0.39 is 11.3 Å². The van der Waals surface area contributed by atoms with E-state index in [1.807, 2.05) is 0 Å². The van der Waals surface area contributed by atoms with Crippen molar-refractivity contribution in [3.8, 4) is 0 Å². The van der Waals surface area contributed by atoms with Crippen LogP contribution in [0.15, 0.2) is 12.5 Å². The third-order valence-electron chi connectivity index (χ3n) is 1.22. The zero-order chi connectivity index (χ0) is 8.27. The molecular formula is C6H7ClN2O2. The number of alkyl halides is 1. The Balaban J connectivity index is 2.50. The van der Waals surface area contributed by atoms with Gasteiger partial charge in [0.1, 0.15) is 5.38 Å². The minimum atomic E-state index is -1.01. The number of aliphatic carboxylic acids is 1. The van der Waals surface area contributed by atoms with E-state index in [-0.39, 0.29) is 6.42 Å². The van der Waals surface area contributed by atoms with Crippen LogP contribution in [-0.4, -0.2) is 26.4 Å². The molecule has 1 rings (SSSR count). The number of nitrogens with zero attached hydrogens (tertiary/aromatic N) is 1. The van der Waals surface area contributed by atoms with Crippen molar-refractivity contribution in [2.24, 2.45) is 0 Å². The maximum Gasteiger partial charge on any atom is 0.322 e. The highest BCUT2D eigenvalue weighted by atomic mass is 35.5. The molecule has 0 aromatic carbocycles. The zero-order valence-corrected chi connectivity index (χ0v) is 6.38. The van der Waals surface area contributed by atoms with Gasteiger partial charge in [-0.3, -0.25) is 4.79 Å². The molecule has 0 amide bonds. The lowest BCUT2D eigenvalue weighted by Crippen LogP contribution is -2.15. The first-order valence-electron chi connectivity index (χ1n) is 3.04. The lowest BCUT2D eigenvalue weighted by Gasteiger charge is -1.99. The Morgan fingerprint density at radius 2 is 2.64 bits per heavy atom. The van der Waals surface area contributed by atoms with Crippen LogP contribution in [0.1, 0.15) is 5.69 Å². The molecule has 0 aliphatic heterocycles. The van der Waals surface area contributed by atoms with E-state index in [1.54, 1.807) is 6.20 Å². The Kier molecular flexibility index (Phi) is 2.48. The van der Waals surface area contributed by atoms with Gasteiger partial charge >= 0.3 is 5.97 Å². The summed E-state index contributed by atoms with van der Waals surface area (Å²) in [6.07, 6.45) is 3.32. The first-order valence-corrected chi connectivity index (χ1v) is 3.48.